The van der Waals surface area contributed by atoms with Crippen molar-refractivity contribution >= 4 is 5.91 Å². The summed E-state index contributed by atoms with van der Waals surface area (Å²) in [4.78, 5) is 18.5. The summed E-state index contributed by atoms with van der Waals surface area (Å²) in [5, 5.41) is 14.7. The standard InChI is InChI=1S/C13H15N3O3.C11H15NO2.C2H6/c14-15-16-19-10-6-13-12(17-8-10)7-11(18-13)9-4-2-1-3-5-9;1-9(13)11(14)12-8-7-10-5-3-2-4-6-10;1-2/h1-5,10-13H,6-8H2;2-6,9,13H,7-8H2,1H3,(H,12,14);1-2H3. The van der Waals surface area contributed by atoms with Crippen LogP contribution in [0.5, 0.6) is 0 Å². The van der Waals surface area contributed by atoms with Crippen LogP contribution in [-0.2, 0) is 25.5 Å². The minimum atomic E-state index is -0.925. The molecule has 2 aromatic carbocycles. The van der Waals surface area contributed by atoms with Crippen molar-refractivity contribution in [3.63, 3.8) is 0 Å². The van der Waals surface area contributed by atoms with Gasteiger partial charge >= 0.3 is 0 Å². The number of benzene rings is 2. The molecule has 5 unspecified atom stereocenters. The first kappa shape index (κ1) is 28.1. The molecule has 2 aromatic rings. The Kier molecular flexibility index (Phi) is 12.7. The van der Waals surface area contributed by atoms with E-state index in [4.69, 9.17) is 24.9 Å². The van der Waals surface area contributed by atoms with E-state index in [1.165, 1.54) is 18.1 Å². The largest absolute Gasteiger partial charge is 0.428 e. The van der Waals surface area contributed by atoms with E-state index in [-0.39, 0.29) is 30.3 Å². The smallest absolute Gasteiger partial charge is 0.248 e. The van der Waals surface area contributed by atoms with Gasteiger partial charge in [0.2, 0.25) is 5.91 Å². The van der Waals surface area contributed by atoms with Gasteiger partial charge in [0.25, 0.3) is 0 Å². The second-order valence-electron chi connectivity index (χ2n) is 8.02. The lowest BCUT2D eigenvalue weighted by atomic mass is 10.0. The zero-order valence-electron chi connectivity index (χ0n) is 20.6. The molecule has 5 atom stereocenters. The molecule has 2 saturated heterocycles. The normalized spacial score (nSPS) is 23.1. The number of hydrogen-bond donors (Lipinski definition) is 2. The highest BCUT2D eigenvalue weighted by molar-refractivity contribution is 5.79. The van der Waals surface area contributed by atoms with Crippen LogP contribution in [0.25, 0.3) is 10.4 Å². The highest BCUT2D eigenvalue weighted by atomic mass is 16.7. The summed E-state index contributed by atoms with van der Waals surface area (Å²) in [7, 11) is 0. The van der Waals surface area contributed by atoms with Crippen molar-refractivity contribution in [2.75, 3.05) is 13.2 Å². The van der Waals surface area contributed by atoms with E-state index in [0.717, 1.165) is 12.8 Å². The van der Waals surface area contributed by atoms with Gasteiger partial charge in [0.15, 0.2) is 0 Å². The predicted molar refractivity (Wildman–Crippen MR) is 133 cm³/mol. The maximum atomic E-state index is 11.0. The molecule has 0 aromatic heterocycles. The van der Waals surface area contributed by atoms with E-state index in [0.29, 0.717) is 19.6 Å². The van der Waals surface area contributed by atoms with Gasteiger partial charge in [-0.05, 0) is 30.0 Å². The first-order chi connectivity index (χ1) is 17.1. The van der Waals surface area contributed by atoms with Crippen LogP contribution < -0.4 is 5.32 Å². The van der Waals surface area contributed by atoms with Crippen LogP contribution in [0.4, 0.5) is 0 Å². The number of aliphatic hydroxyl groups excluding tert-OH is 1. The van der Waals surface area contributed by atoms with Crippen molar-refractivity contribution in [1.29, 1.82) is 0 Å². The van der Waals surface area contributed by atoms with Gasteiger partial charge in [-0.25, -0.2) is 0 Å². The van der Waals surface area contributed by atoms with Crippen molar-refractivity contribution in [1.82, 2.24) is 5.32 Å². The fourth-order valence-corrected chi connectivity index (χ4v) is 3.82. The Morgan fingerprint density at radius 2 is 1.80 bits per heavy atom. The molecule has 0 saturated carbocycles. The van der Waals surface area contributed by atoms with Gasteiger partial charge < -0.3 is 24.7 Å². The van der Waals surface area contributed by atoms with Gasteiger partial charge in [-0.1, -0.05) is 74.5 Å². The predicted octanol–water partition coefficient (Wildman–Crippen LogP) is 4.67. The average Bonchev–Trinajstić information content (AvgIpc) is 3.33. The molecule has 2 N–H and O–H groups in total. The topological polar surface area (TPSA) is 126 Å². The molecule has 35 heavy (non-hydrogen) atoms. The lowest BCUT2D eigenvalue weighted by molar-refractivity contribution is -0.128. The SMILES string of the molecule is CC.CC(O)C(=O)NCCc1ccccc1.[N-]=[N+]=NOC1COC2CC(c3ccccc3)OC2C1. The maximum absolute atomic E-state index is 11.0. The van der Waals surface area contributed by atoms with Gasteiger partial charge in [0.05, 0.1) is 24.9 Å². The molecule has 0 aliphatic carbocycles. The Bertz CT molecular complexity index is 906. The molecule has 9 heteroatoms. The van der Waals surface area contributed by atoms with Crippen molar-refractivity contribution in [2.24, 2.45) is 5.28 Å². The molecule has 4 rings (SSSR count). The van der Waals surface area contributed by atoms with E-state index in [9.17, 15) is 4.79 Å². The Labute approximate surface area is 207 Å². The van der Waals surface area contributed by atoms with Gasteiger partial charge in [-0.15, -0.1) is 0 Å². The van der Waals surface area contributed by atoms with Crippen molar-refractivity contribution < 1.29 is 24.2 Å². The van der Waals surface area contributed by atoms with Crippen molar-refractivity contribution in [3.8, 4) is 0 Å². The minimum Gasteiger partial charge on any atom is -0.428 e. The average molecular weight is 485 g/mol. The van der Waals surface area contributed by atoms with E-state index < -0.39 is 6.10 Å². The molecule has 2 heterocycles. The molecule has 190 valence electrons. The van der Waals surface area contributed by atoms with Gasteiger partial charge in [0, 0.05) is 24.3 Å². The van der Waals surface area contributed by atoms with E-state index in [1.54, 1.807) is 0 Å². The Hall–Kier alpha value is -3.10. The van der Waals surface area contributed by atoms with Crippen LogP contribution in [-0.4, -0.2) is 48.6 Å². The molecule has 9 nitrogen and oxygen atoms in total. The molecule has 2 fully saturated rings. The summed E-state index contributed by atoms with van der Waals surface area (Å²) in [6.45, 7) is 6.47. The van der Waals surface area contributed by atoms with E-state index >= 15 is 0 Å². The number of aliphatic hydroxyl groups is 1. The third kappa shape index (κ3) is 9.58. The molecule has 0 bridgehead atoms. The highest BCUT2D eigenvalue weighted by Crippen LogP contribution is 2.38. The van der Waals surface area contributed by atoms with E-state index in [1.807, 2.05) is 62.4 Å². The van der Waals surface area contributed by atoms with Crippen LogP contribution in [0.1, 0.15) is 50.8 Å². The molecular formula is C26H36N4O5. The van der Waals surface area contributed by atoms with Gasteiger partial charge in [-0.2, -0.15) is 0 Å². The number of fused-ring (bicyclic) bond motifs is 1. The molecular weight excluding hydrogens is 448 g/mol. The lowest BCUT2D eigenvalue weighted by Crippen LogP contribution is -2.38. The number of nitrogens with one attached hydrogen (secondary N) is 1. The zero-order valence-corrected chi connectivity index (χ0v) is 20.6. The van der Waals surface area contributed by atoms with Crippen LogP contribution in [0, 0.1) is 0 Å². The number of carbonyl (C=O) groups excluding carboxylic acids is 1. The lowest BCUT2D eigenvalue weighted by Gasteiger charge is -2.29. The molecule has 2 aliphatic rings. The fourth-order valence-electron chi connectivity index (χ4n) is 3.82. The van der Waals surface area contributed by atoms with Crippen LogP contribution in [0.3, 0.4) is 0 Å². The Morgan fingerprint density at radius 1 is 1.14 bits per heavy atom. The summed E-state index contributed by atoms with van der Waals surface area (Å²) in [5.74, 6) is -0.319. The van der Waals surface area contributed by atoms with Crippen LogP contribution >= 0.6 is 0 Å². The van der Waals surface area contributed by atoms with Crippen LogP contribution in [0.2, 0.25) is 0 Å². The molecule has 1 amide bonds. The monoisotopic (exact) mass is 484 g/mol. The highest BCUT2D eigenvalue weighted by Gasteiger charge is 2.41. The molecule has 0 radical (unpaired) electrons. The van der Waals surface area contributed by atoms with Crippen molar-refractivity contribution in [3.05, 3.63) is 82.2 Å². The first-order valence-electron chi connectivity index (χ1n) is 12.1. The molecule has 2 aliphatic heterocycles. The Morgan fingerprint density at radius 3 is 2.43 bits per heavy atom. The number of ether oxygens (including phenoxy) is 2. The first-order valence-corrected chi connectivity index (χ1v) is 12.1. The third-order valence-electron chi connectivity index (χ3n) is 5.53. The summed E-state index contributed by atoms with van der Waals surface area (Å²) < 4.78 is 11.8. The second-order valence-corrected chi connectivity index (χ2v) is 8.02. The maximum Gasteiger partial charge on any atom is 0.248 e. The zero-order chi connectivity index (χ0) is 25.5. The third-order valence-corrected chi connectivity index (χ3v) is 5.53. The Balaban J connectivity index is 0.000000241. The summed E-state index contributed by atoms with van der Waals surface area (Å²) in [6.07, 6.45) is 1.41. The molecule has 0 spiro atoms. The number of hydrogen-bond acceptors (Lipinski definition) is 6. The van der Waals surface area contributed by atoms with E-state index in [2.05, 4.69) is 27.6 Å². The number of carbonyl (C=O) groups is 1. The number of rotatable bonds is 7. The van der Waals surface area contributed by atoms with Crippen LogP contribution in [0.15, 0.2) is 65.9 Å². The summed E-state index contributed by atoms with van der Waals surface area (Å²) in [6, 6.07) is 20.0. The quantitative estimate of drug-likeness (QED) is 0.256. The summed E-state index contributed by atoms with van der Waals surface area (Å²) >= 11 is 0. The summed E-state index contributed by atoms with van der Waals surface area (Å²) in [5.41, 5.74) is 10.6. The minimum absolute atomic E-state index is 0.0119. The second kappa shape index (κ2) is 15.7. The van der Waals surface area contributed by atoms with Gasteiger partial charge in [-0.3, -0.25) is 4.79 Å². The number of amides is 1. The number of azide groups is 1. The fraction of sp³-hybridized carbons (Fsp3) is 0.500. The number of nitrogens with zero attached hydrogens (tertiary/aromatic N) is 3. The van der Waals surface area contributed by atoms with Crippen molar-refractivity contribution in [2.45, 2.75) is 70.6 Å². The van der Waals surface area contributed by atoms with Gasteiger partial charge in [0.1, 0.15) is 17.5 Å².